The molecular weight excluding hydrogens is 186 g/mol. The monoisotopic (exact) mass is 195 g/mol. The van der Waals surface area contributed by atoms with Crippen LogP contribution in [0, 0.1) is 0 Å². The first-order chi connectivity index (χ1) is 6.81. The second kappa shape index (κ2) is 3.56. The highest BCUT2D eigenvalue weighted by Gasteiger charge is 2.11. The molecule has 0 saturated heterocycles. The van der Waals surface area contributed by atoms with Gasteiger partial charge in [0.2, 0.25) is 5.82 Å². The highest BCUT2D eigenvalue weighted by atomic mass is 16.6. The van der Waals surface area contributed by atoms with Crippen molar-refractivity contribution in [2.75, 3.05) is 0 Å². The molecule has 0 spiro atoms. The van der Waals surface area contributed by atoms with Crippen molar-refractivity contribution in [3.05, 3.63) is 18.3 Å². The molecule has 2 N–H and O–H groups in total. The molecule has 2 rings (SSSR count). The van der Waals surface area contributed by atoms with Crippen molar-refractivity contribution >= 4 is 0 Å². The standard InChI is InChI=1S/C7H9N5O2/c1-12-3-2-9-7(12)6-10-5(4-13-8)14-11-6/h2-3H,4,8H2,1H3. The third-order valence-corrected chi connectivity index (χ3v) is 1.70. The maximum atomic E-state index is 4.87. The fourth-order valence-electron chi connectivity index (χ4n) is 1.06. The lowest BCUT2D eigenvalue weighted by Crippen LogP contribution is -1.99. The van der Waals surface area contributed by atoms with Crippen LogP contribution < -0.4 is 5.90 Å². The molecule has 0 saturated carbocycles. The predicted octanol–water partition coefficient (Wildman–Crippen LogP) is -0.140. The van der Waals surface area contributed by atoms with Crippen LogP contribution in [0.3, 0.4) is 0 Å². The molecule has 0 aliphatic carbocycles. The highest BCUT2D eigenvalue weighted by molar-refractivity contribution is 5.41. The zero-order valence-corrected chi connectivity index (χ0v) is 7.54. The van der Waals surface area contributed by atoms with Gasteiger partial charge in [-0.1, -0.05) is 5.16 Å². The molecule has 0 fully saturated rings. The van der Waals surface area contributed by atoms with E-state index in [1.165, 1.54) is 0 Å². The Labute approximate surface area is 79.4 Å². The number of aromatic nitrogens is 4. The van der Waals surface area contributed by atoms with Gasteiger partial charge in [0.25, 0.3) is 5.89 Å². The number of hydrogen-bond donors (Lipinski definition) is 1. The van der Waals surface area contributed by atoms with E-state index in [9.17, 15) is 0 Å². The van der Waals surface area contributed by atoms with E-state index in [0.717, 1.165) is 0 Å². The van der Waals surface area contributed by atoms with Crippen molar-refractivity contribution in [2.45, 2.75) is 6.61 Å². The van der Waals surface area contributed by atoms with Gasteiger partial charge in [0.1, 0.15) is 6.61 Å². The molecule has 74 valence electrons. The Morgan fingerprint density at radius 3 is 3.14 bits per heavy atom. The van der Waals surface area contributed by atoms with E-state index >= 15 is 0 Å². The molecule has 0 unspecified atom stereocenters. The molecule has 0 aliphatic heterocycles. The van der Waals surface area contributed by atoms with E-state index in [0.29, 0.717) is 17.5 Å². The first kappa shape index (κ1) is 8.85. The van der Waals surface area contributed by atoms with E-state index < -0.39 is 0 Å². The van der Waals surface area contributed by atoms with Crippen molar-refractivity contribution < 1.29 is 9.36 Å². The summed E-state index contributed by atoms with van der Waals surface area (Å²) in [4.78, 5) is 12.5. The predicted molar refractivity (Wildman–Crippen MR) is 45.5 cm³/mol. The van der Waals surface area contributed by atoms with Crippen LogP contribution in [0.2, 0.25) is 0 Å². The Bertz CT molecular complexity index is 421. The van der Waals surface area contributed by atoms with Crippen LogP contribution >= 0.6 is 0 Å². The number of nitrogens with two attached hydrogens (primary N) is 1. The summed E-state index contributed by atoms with van der Waals surface area (Å²) >= 11 is 0. The lowest BCUT2D eigenvalue weighted by Gasteiger charge is -1.92. The van der Waals surface area contributed by atoms with Gasteiger partial charge in [-0.3, -0.25) is 4.84 Å². The van der Waals surface area contributed by atoms with Gasteiger partial charge in [-0.2, -0.15) is 4.98 Å². The van der Waals surface area contributed by atoms with Crippen LogP contribution in [-0.4, -0.2) is 19.7 Å². The summed E-state index contributed by atoms with van der Waals surface area (Å²) in [6, 6.07) is 0. The Kier molecular flexibility index (Phi) is 2.25. The Balaban J connectivity index is 2.29. The number of hydrogen-bond acceptors (Lipinski definition) is 6. The van der Waals surface area contributed by atoms with E-state index in [2.05, 4.69) is 20.0 Å². The first-order valence-electron chi connectivity index (χ1n) is 3.93. The van der Waals surface area contributed by atoms with Crippen LogP contribution in [0.1, 0.15) is 5.89 Å². The minimum absolute atomic E-state index is 0.0947. The number of rotatable bonds is 3. The summed E-state index contributed by atoms with van der Waals surface area (Å²) in [6.07, 6.45) is 3.45. The van der Waals surface area contributed by atoms with Crippen molar-refractivity contribution in [2.24, 2.45) is 12.9 Å². The van der Waals surface area contributed by atoms with Gasteiger partial charge in [-0.25, -0.2) is 10.9 Å². The molecule has 0 radical (unpaired) electrons. The van der Waals surface area contributed by atoms with Gasteiger partial charge in [0.05, 0.1) is 0 Å². The van der Waals surface area contributed by atoms with Crippen molar-refractivity contribution in [1.82, 2.24) is 19.7 Å². The Morgan fingerprint density at radius 1 is 1.64 bits per heavy atom. The summed E-state index contributed by atoms with van der Waals surface area (Å²) in [5.41, 5.74) is 0. The van der Waals surface area contributed by atoms with Crippen LogP contribution in [0.4, 0.5) is 0 Å². The van der Waals surface area contributed by atoms with Crippen LogP contribution in [0.25, 0.3) is 11.6 Å². The first-order valence-corrected chi connectivity index (χ1v) is 3.93. The lowest BCUT2D eigenvalue weighted by molar-refractivity contribution is 0.0995. The summed E-state index contributed by atoms with van der Waals surface area (Å²) in [7, 11) is 1.85. The topological polar surface area (TPSA) is 92.0 Å². The zero-order valence-electron chi connectivity index (χ0n) is 7.54. The van der Waals surface area contributed by atoms with Crippen LogP contribution in [0.15, 0.2) is 16.9 Å². The molecule has 2 aromatic heterocycles. The molecule has 0 amide bonds. The van der Waals surface area contributed by atoms with Crippen LogP contribution in [0.5, 0.6) is 0 Å². The van der Waals surface area contributed by atoms with Gasteiger partial charge in [-0.15, -0.1) is 0 Å². The van der Waals surface area contributed by atoms with Gasteiger partial charge in [-0.05, 0) is 0 Å². The van der Waals surface area contributed by atoms with E-state index in [1.54, 1.807) is 17.0 Å². The molecule has 0 aliphatic rings. The number of nitrogens with zero attached hydrogens (tertiary/aromatic N) is 4. The van der Waals surface area contributed by atoms with Crippen molar-refractivity contribution in [1.29, 1.82) is 0 Å². The van der Waals surface area contributed by atoms with Gasteiger partial charge < -0.3 is 9.09 Å². The fraction of sp³-hybridized carbons (Fsp3) is 0.286. The third kappa shape index (κ3) is 1.50. The number of aryl methyl sites for hydroxylation is 1. The van der Waals surface area contributed by atoms with Gasteiger partial charge in [0.15, 0.2) is 5.82 Å². The lowest BCUT2D eigenvalue weighted by atomic mass is 10.5. The van der Waals surface area contributed by atoms with Crippen LogP contribution in [-0.2, 0) is 18.5 Å². The molecule has 2 heterocycles. The third-order valence-electron chi connectivity index (χ3n) is 1.70. The maximum Gasteiger partial charge on any atom is 0.255 e. The Hall–Kier alpha value is -1.73. The Morgan fingerprint density at radius 2 is 2.50 bits per heavy atom. The van der Waals surface area contributed by atoms with Crippen molar-refractivity contribution in [3.63, 3.8) is 0 Å². The summed E-state index contributed by atoms with van der Waals surface area (Å²) in [5, 5.41) is 3.73. The minimum Gasteiger partial charge on any atom is -0.336 e. The molecule has 14 heavy (non-hydrogen) atoms. The minimum atomic E-state index is 0.0947. The average molecular weight is 195 g/mol. The smallest absolute Gasteiger partial charge is 0.255 e. The highest BCUT2D eigenvalue weighted by Crippen LogP contribution is 2.12. The molecule has 0 aromatic carbocycles. The summed E-state index contributed by atoms with van der Waals surface area (Å²) < 4.78 is 6.65. The summed E-state index contributed by atoms with van der Waals surface area (Å²) in [6.45, 7) is 0.0947. The second-order valence-corrected chi connectivity index (χ2v) is 2.68. The zero-order chi connectivity index (χ0) is 9.97. The fourth-order valence-corrected chi connectivity index (χ4v) is 1.06. The molecule has 7 heteroatoms. The number of imidazole rings is 1. The molecular formula is C7H9N5O2. The second-order valence-electron chi connectivity index (χ2n) is 2.68. The largest absolute Gasteiger partial charge is 0.336 e. The molecule has 7 nitrogen and oxygen atoms in total. The van der Waals surface area contributed by atoms with E-state index in [-0.39, 0.29) is 6.61 Å². The van der Waals surface area contributed by atoms with Gasteiger partial charge in [0, 0.05) is 19.4 Å². The summed E-state index contributed by atoms with van der Waals surface area (Å²) in [5.74, 6) is 6.25. The quantitative estimate of drug-likeness (QED) is 0.685. The molecule has 0 atom stereocenters. The SMILES string of the molecule is Cn1ccnc1-c1noc(CON)n1. The van der Waals surface area contributed by atoms with E-state index in [4.69, 9.17) is 10.4 Å². The average Bonchev–Trinajstić information content (AvgIpc) is 2.74. The normalized spacial score (nSPS) is 10.7. The van der Waals surface area contributed by atoms with Crippen molar-refractivity contribution in [3.8, 4) is 11.6 Å². The molecule has 0 bridgehead atoms. The van der Waals surface area contributed by atoms with E-state index in [1.807, 2.05) is 7.05 Å². The van der Waals surface area contributed by atoms with Gasteiger partial charge >= 0.3 is 0 Å². The maximum absolute atomic E-state index is 4.87. The molecule has 2 aromatic rings.